The molecule has 29 heavy (non-hydrogen) atoms. The number of thiocarbonyl (C=S) groups is 1. The van der Waals surface area contributed by atoms with E-state index in [0.717, 1.165) is 5.75 Å². The molecule has 0 unspecified atom stereocenters. The van der Waals surface area contributed by atoms with Crippen LogP contribution in [0.3, 0.4) is 0 Å². The van der Waals surface area contributed by atoms with Crippen molar-refractivity contribution < 1.29 is 23.1 Å². The van der Waals surface area contributed by atoms with Crippen LogP contribution in [0, 0.1) is 0 Å². The third-order valence-corrected chi connectivity index (χ3v) is 4.59. The molecule has 1 aliphatic heterocycles. The number of nitrogens with one attached hydrogen (secondary N) is 1. The standard InChI is InChI=1S/C21H18N2O5S/c1-25-14-4-6-15(7-5-14)27-13-18-9-8-16(28-18)11-19-20(24)23(21(29)22-19)12-17-3-2-10-26-17/h2-11H,12-13H2,1H3,(H,22,29)/b19-11+. The van der Waals surface area contributed by atoms with Crippen LogP contribution in [-0.4, -0.2) is 23.0 Å². The Morgan fingerprint density at radius 1 is 1.10 bits per heavy atom. The van der Waals surface area contributed by atoms with Crippen molar-refractivity contribution in [3.63, 3.8) is 0 Å². The van der Waals surface area contributed by atoms with Crippen molar-refractivity contribution in [1.82, 2.24) is 10.2 Å². The van der Waals surface area contributed by atoms with Gasteiger partial charge in [-0.2, -0.15) is 0 Å². The Morgan fingerprint density at radius 2 is 1.90 bits per heavy atom. The van der Waals surface area contributed by atoms with E-state index in [-0.39, 0.29) is 19.1 Å². The molecular weight excluding hydrogens is 392 g/mol. The van der Waals surface area contributed by atoms with Gasteiger partial charge in [-0.15, -0.1) is 0 Å². The topological polar surface area (TPSA) is 77.1 Å². The molecular formula is C21H18N2O5S. The van der Waals surface area contributed by atoms with Crippen LogP contribution in [0.2, 0.25) is 0 Å². The van der Waals surface area contributed by atoms with Crippen LogP contribution in [0.15, 0.2) is 69.3 Å². The van der Waals surface area contributed by atoms with E-state index < -0.39 is 0 Å². The van der Waals surface area contributed by atoms with Crippen LogP contribution in [-0.2, 0) is 17.9 Å². The number of hydrogen-bond donors (Lipinski definition) is 1. The van der Waals surface area contributed by atoms with Crippen molar-refractivity contribution in [2.24, 2.45) is 0 Å². The van der Waals surface area contributed by atoms with Gasteiger partial charge in [0.1, 0.15) is 41.1 Å². The van der Waals surface area contributed by atoms with E-state index in [2.05, 4.69) is 5.32 Å². The van der Waals surface area contributed by atoms with Gasteiger partial charge >= 0.3 is 0 Å². The molecule has 4 rings (SSSR count). The molecule has 3 heterocycles. The molecule has 1 aromatic carbocycles. The maximum atomic E-state index is 12.6. The zero-order valence-electron chi connectivity index (χ0n) is 15.6. The van der Waals surface area contributed by atoms with Crippen molar-refractivity contribution in [2.45, 2.75) is 13.2 Å². The highest BCUT2D eigenvalue weighted by atomic mass is 32.1. The van der Waals surface area contributed by atoms with Gasteiger partial charge in [0.25, 0.3) is 5.91 Å². The summed E-state index contributed by atoms with van der Waals surface area (Å²) in [5.41, 5.74) is 0.346. The Balaban J connectivity index is 1.39. The van der Waals surface area contributed by atoms with Crippen LogP contribution < -0.4 is 14.8 Å². The fraction of sp³-hybridized carbons (Fsp3) is 0.143. The summed E-state index contributed by atoms with van der Waals surface area (Å²) in [4.78, 5) is 14.0. The molecule has 1 N–H and O–H groups in total. The average molecular weight is 410 g/mol. The summed E-state index contributed by atoms with van der Waals surface area (Å²) in [6.45, 7) is 0.536. The lowest BCUT2D eigenvalue weighted by Crippen LogP contribution is -2.29. The monoisotopic (exact) mass is 410 g/mol. The zero-order chi connectivity index (χ0) is 20.2. The van der Waals surface area contributed by atoms with Crippen molar-refractivity contribution in [3.8, 4) is 11.5 Å². The maximum Gasteiger partial charge on any atom is 0.277 e. The molecule has 0 bridgehead atoms. The first-order chi connectivity index (χ1) is 14.1. The Bertz CT molecular complexity index is 1040. The van der Waals surface area contributed by atoms with E-state index in [4.69, 9.17) is 30.5 Å². The lowest BCUT2D eigenvalue weighted by molar-refractivity contribution is -0.122. The van der Waals surface area contributed by atoms with Gasteiger partial charge in [-0.05, 0) is 60.7 Å². The Kier molecular flexibility index (Phi) is 5.35. The number of benzene rings is 1. The van der Waals surface area contributed by atoms with E-state index in [1.807, 2.05) is 24.3 Å². The summed E-state index contributed by atoms with van der Waals surface area (Å²) < 4.78 is 21.8. The first kappa shape index (κ1) is 18.8. The van der Waals surface area contributed by atoms with E-state index in [1.54, 1.807) is 43.7 Å². The highest BCUT2D eigenvalue weighted by Crippen LogP contribution is 2.21. The minimum Gasteiger partial charge on any atom is -0.497 e. The predicted molar refractivity (Wildman–Crippen MR) is 109 cm³/mol. The predicted octanol–water partition coefficient (Wildman–Crippen LogP) is 3.72. The molecule has 148 valence electrons. The highest BCUT2D eigenvalue weighted by molar-refractivity contribution is 7.80. The van der Waals surface area contributed by atoms with Gasteiger partial charge in [0.15, 0.2) is 5.11 Å². The summed E-state index contributed by atoms with van der Waals surface area (Å²) >= 11 is 5.25. The molecule has 1 aliphatic rings. The molecule has 1 saturated heterocycles. The van der Waals surface area contributed by atoms with E-state index in [1.165, 1.54) is 4.90 Å². The lowest BCUT2D eigenvalue weighted by Gasteiger charge is -2.11. The van der Waals surface area contributed by atoms with E-state index in [9.17, 15) is 4.79 Å². The number of rotatable bonds is 7. The molecule has 0 aliphatic carbocycles. The molecule has 7 nitrogen and oxygen atoms in total. The first-order valence-corrected chi connectivity index (χ1v) is 9.26. The van der Waals surface area contributed by atoms with Crippen LogP contribution in [0.25, 0.3) is 6.08 Å². The summed E-state index contributed by atoms with van der Waals surface area (Å²) in [7, 11) is 1.61. The lowest BCUT2D eigenvalue weighted by atomic mass is 10.3. The number of amides is 1. The van der Waals surface area contributed by atoms with Crippen molar-refractivity contribution in [2.75, 3.05) is 7.11 Å². The normalized spacial score (nSPS) is 15.1. The van der Waals surface area contributed by atoms with Crippen molar-refractivity contribution >= 4 is 29.3 Å². The van der Waals surface area contributed by atoms with Gasteiger partial charge in [0.05, 0.1) is 19.9 Å². The van der Waals surface area contributed by atoms with Crippen molar-refractivity contribution in [3.05, 3.63) is 77.8 Å². The summed E-state index contributed by atoms with van der Waals surface area (Å²) in [6.07, 6.45) is 3.18. The molecule has 2 aromatic heterocycles. The van der Waals surface area contributed by atoms with Gasteiger partial charge < -0.3 is 23.6 Å². The van der Waals surface area contributed by atoms with E-state index in [0.29, 0.717) is 33.8 Å². The largest absolute Gasteiger partial charge is 0.497 e. The number of ether oxygens (including phenoxy) is 2. The molecule has 8 heteroatoms. The smallest absolute Gasteiger partial charge is 0.277 e. The fourth-order valence-electron chi connectivity index (χ4n) is 2.79. The molecule has 0 saturated carbocycles. The van der Waals surface area contributed by atoms with Gasteiger partial charge in [-0.1, -0.05) is 0 Å². The fourth-order valence-corrected chi connectivity index (χ4v) is 3.05. The van der Waals surface area contributed by atoms with Gasteiger partial charge in [0.2, 0.25) is 0 Å². The van der Waals surface area contributed by atoms with Crippen molar-refractivity contribution in [1.29, 1.82) is 0 Å². The molecule has 1 fully saturated rings. The number of methoxy groups -OCH3 is 1. The number of furan rings is 2. The minimum absolute atomic E-state index is 0.237. The second-order valence-electron chi connectivity index (χ2n) is 6.23. The Labute approximate surface area is 172 Å². The SMILES string of the molecule is COc1ccc(OCc2ccc(/C=C3/NC(=S)N(Cc4ccco4)C3=O)o2)cc1. The first-order valence-electron chi connectivity index (χ1n) is 8.85. The number of carbonyl (C=O) groups is 1. The summed E-state index contributed by atoms with van der Waals surface area (Å²) in [6, 6.07) is 14.4. The highest BCUT2D eigenvalue weighted by Gasteiger charge is 2.31. The maximum absolute atomic E-state index is 12.6. The summed E-state index contributed by atoms with van der Waals surface area (Å²) in [5.74, 6) is 3.04. The van der Waals surface area contributed by atoms with Gasteiger partial charge in [0, 0.05) is 6.08 Å². The van der Waals surface area contributed by atoms with Crippen LogP contribution >= 0.6 is 12.2 Å². The van der Waals surface area contributed by atoms with Crippen LogP contribution in [0.5, 0.6) is 11.5 Å². The average Bonchev–Trinajstić information content (AvgIpc) is 3.46. The van der Waals surface area contributed by atoms with Gasteiger partial charge in [-0.3, -0.25) is 9.69 Å². The zero-order valence-corrected chi connectivity index (χ0v) is 16.4. The minimum atomic E-state index is -0.237. The molecule has 1 amide bonds. The number of hydrogen-bond acceptors (Lipinski definition) is 6. The number of nitrogens with zero attached hydrogens (tertiary/aromatic N) is 1. The third kappa shape index (κ3) is 4.33. The second kappa shape index (κ2) is 8.24. The Morgan fingerprint density at radius 3 is 2.62 bits per heavy atom. The summed E-state index contributed by atoms with van der Waals surface area (Å²) in [5, 5.41) is 3.24. The molecule has 3 aromatic rings. The molecule has 0 spiro atoms. The quantitative estimate of drug-likeness (QED) is 0.470. The van der Waals surface area contributed by atoms with Crippen LogP contribution in [0.4, 0.5) is 0 Å². The molecule has 0 atom stereocenters. The van der Waals surface area contributed by atoms with Crippen LogP contribution in [0.1, 0.15) is 17.3 Å². The van der Waals surface area contributed by atoms with Gasteiger partial charge in [-0.25, -0.2) is 0 Å². The van der Waals surface area contributed by atoms with E-state index >= 15 is 0 Å². The Hall–Kier alpha value is -3.52. The number of carbonyl (C=O) groups excluding carboxylic acids is 1. The second-order valence-corrected chi connectivity index (χ2v) is 6.61. The third-order valence-electron chi connectivity index (χ3n) is 4.27. The molecule has 0 radical (unpaired) electrons.